The lowest BCUT2D eigenvalue weighted by atomic mass is 9.85. The average Bonchev–Trinajstić information content (AvgIpc) is 1.69. The van der Waals surface area contributed by atoms with Crippen LogP contribution >= 0.6 is 23.2 Å². The van der Waals surface area contributed by atoms with Gasteiger partial charge >= 0.3 is 17.1 Å². The number of aliphatic hydroxyl groups is 3. The normalized spacial score (nSPS) is 12.2. The number of carbonyl (C=O) groups is 3. The first-order valence-corrected chi connectivity index (χ1v) is 39.8. The Morgan fingerprint density at radius 3 is 1.24 bits per heavy atom. The summed E-state index contributed by atoms with van der Waals surface area (Å²) in [6.45, 7) is 14.1. The molecule has 3 aliphatic rings. The number of fused-ring (bicyclic) bond motifs is 12. The molecule has 0 spiro atoms. The second kappa shape index (κ2) is 31.0. The van der Waals surface area contributed by atoms with E-state index in [-0.39, 0.29) is 45.1 Å². The van der Waals surface area contributed by atoms with Gasteiger partial charge in [-0.1, -0.05) is 114 Å². The molecule has 0 radical (unpaired) electrons. The van der Waals surface area contributed by atoms with Crippen LogP contribution in [-0.2, 0) is 36.9 Å². The molecule has 0 aliphatic heterocycles. The number of hydrogen-bond donors (Lipinski definition) is 6. The van der Waals surface area contributed by atoms with Gasteiger partial charge < -0.3 is 32.5 Å². The van der Waals surface area contributed by atoms with Gasteiger partial charge in [-0.05, 0) is 282 Å². The van der Waals surface area contributed by atoms with Crippen LogP contribution < -0.4 is 50.9 Å². The fourth-order valence-corrected chi connectivity index (χ4v) is 18.0. The van der Waals surface area contributed by atoms with Crippen LogP contribution in [0.2, 0.25) is 10.0 Å². The van der Waals surface area contributed by atoms with Gasteiger partial charge in [0.1, 0.15) is 11.6 Å². The quantitative estimate of drug-likeness (QED) is 0.0626. The Morgan fingerprint density at radius 2 is 0.805 bits per heavy atom. The summed E-state index contributed by atoms with van der Waals surface area (Å²) in [7, 11) is 0. The van der Waals surface area contributed by atoms with Gasteiger partial charge in [0, 0.05) is 71.2 Å². The number of pyridine rings is 3. The number of amides is 3. The molecular formula is C97H76Cl2F2N10O12. The molecule has 0 fully saturated rings. The van der Waals surface area contributed by atoms with Gasteiger partial charge in [-0.3, -0.25) is 42.0 Å². The zero-order valence-electron chi connectivity index (χ0n) is 67.5. The van der Waals surface area contributed by atoms with Crippen molar-refractivity contribution in [3.05, 3.63) is 379 Å². The summed E-state index contributed by atoms with van der Waals surface area (Å²) >= 11 is 12.5. The Bertz CT molecular complexity index is 7670. The summed E-state index contributed by atoms with van der Waals surface area (Å²) in [4.78, 5) is 117. The second-order valence-corrected chi connectivity index (χ2v) is 32.7. The lowest BCUT2D eigenvalue weighted by Crippen LogP contribution is -2.36. The van der Waals surface area contributed by atoms with Crippen molar-refractivity contribution in [1.29, 1.82) is 5.26 Å². The first-order valence-electron chi connectivity index (χ1n) is 39.1. The number of aliphatic hydroxyl groups excluding tert-OH is 1. The van der Waals surface area contributed by atoms with Crippen molar-refractivity contribution in [3.8, 4) is 89.9 Å². The van der Waals surface area contributed by atoms with Crippen molar-refractivity contribution in [1.82, 2.24) is 26.9 Å². The van der Waals surface area contributed by atoms with Crippen molar-refractivity contribution < 1.29 is 38.5 Å². The van der Waals surface area contributed by atoms with E-state index in [2.05, 4.69) is 6.07 Å². The molecular weight excluding hydrogens is 1610 g/mol. The molecule has 614 valence electrons. The molecule has 26 heteroatoms. The number of aromatic nitrogens is 6. The van der Waals surface area contributed by atoms with Gasteiger partial charge in [-0.15, -0.1) is 0 Å². The Hall–Kier alpha value is -14.3. The molecule has 3 amide bonds. The molecule has 6 heterocycles. The minimum atomic E-state index is -1.08. The van der Waals surface area contributed by atoms with Crippen LogP contribution in [-0.4, -0.2) is 66.6 Å². The van der Waals surface area contributed by atoms with E-state index >= 15 is 4.39 Å². The number of primary amides is 3. The largest absolute Gasteiger partial charge is 0.396 e. The lowest BCUT2D eigenvalue weighted by Gasteiger charge is -2.21. The van der Waals surface area contributed by atoms with Gasteiger partial charge in [-0.25, -0.2) is 36.9 Å². The molecule has 0 bridgehead atoms. The van der Waals surface area contributed by atoms with E-state index in [9.17, 15) is 68.1 Å². The summed E-state index contributed by atoms with van der Waals surface area (Å²) in [5, 5.41) is 41.5. The number of halogens is 4. The summed E-state index contributed by atoms with van der Waals surface area (Å²) in [5.74, 6) is -3.29. The molecule has 0 saturated heterocycles. The molecule has 9 N–H and O–H groups in total. The predicted molar refractivity (Wildman–Crippen MR) is 469 cm³/mol. The standard InChI is InChI=1S/C33H25ClN4O4.C33H28ClN3O4.C31H23F2N3O4/c1-17-21(6-4-8-26(17)38-28(39)15-27-25(34)7-5-11-37(27)32(38)41)29-19(16-35)14-24(31(36)40)23-13-18-12-20(33(2,3)42)9-10-22(18)30(23)29;1-17-13-24(31(35)39)23-15-19-14-20(33(3,4)41)10-11-22(19)30(23)29(17)21-7-5-9-26(18(21)2)37-28(38)16-27-25(34)8-6-12-36(27)32(37)40;1-16-19(4-2-6-25(16)36-27(38)15-26-23(32)5-3-10-35(26)31(36)40)29-24(33)14-22(30(34)39)21-13-18-12-17(9-11-37)7-8-20(18)28(21)29/h4-12,14-15,42H,13H2,1-3H3,(H2,36,40);5-14,16,41H,15H2,1-4H3,(H2,35,39);2-8,10,12,14-15,37H,9,11,13H2,1H3,(H2,34,39). The van der Waals surface area contributed by atoms with Crippen molar-refractivity contribution in [3.63, 3.8) is 0 Å². The Balaban J connectivity index is 0.000000137. The van der Waals surface area contributed by atoms with E-state index in [1.54, 1.807) is 115 Å². The Morgan fingerprint density at radius 1 is 0.431 bits per heavy atom. The Kier molecular flexibility index (Phi) is 20.8. The van der Waals surface area contributed by atoms with Gasteiger partial charge in [0.05, 0.1) is 66.5 Å². The van der Waals surface area contributed by atoms with Crippen LogP contribution in [0.15, 0.2) is 229 Å². The summed E-state index contributed by atoms with van der Waals surface area (Å²) < 4.78 is 37.1. The maximum atomic E-state index is 16.0. The van der Waals surface area contributed by atoms with Crippen LogP contribution in [0.4, 0.5) is 8.78 Å². The van der Waals surface area contributed by atoms with Crippen LogP contribution in [0.1, 0.15) is 137 Å². The van der Waals surface area contributed by atoms with Crippen LogP contribution in [0.25, 0.3) is 100 Å². The number of benzene rings is 9. The van der Waals surface area contributed by atoms with Crippen molar-refractivity contribution in [2.24, 2.45) is 17.2 Å². The molecule has 22 nitrogen and oxygen atoms in total. The maximum absolute atomic E-state index is 16.0. The Labute approximate surface area is 709 Å². The SMILES string of the molecule is Cc1c(-c2c(C#N)cc(C(N)=O)c3c2-c2ccc(C(C)(C)O)cc2C3)cccc1-n1c(=O)cc2c(Cl)cccn2c1=O.Cc1c(-c2c(F)cc(C(N)=O)c3c2-c2ccc(CCO)cc2C3)cccc1-n1c(=O)cc2c(F)cccn2c1=O.Cc1cc(C(N)=O)c2c(c1-c1cccc(-n3c(=O)cc4c(Cl)cccn4c3=O)c1C)-c1ccc(C(C)(C)O)cc1C2. The number of nitrogens with two attached hydrogens (primary N) is 3. The highest BCUT2D eigenvalue weighted by atomic mass is 35.5. The minimum absolute atomic E-state index is 0.0229. The highest BCUT2D eigenvalue weighted by Crippen LogP contribution is 2.52. The van der Waals surface area contributed by atoms with Crippen LogP contribution in [0.5, 0.6) is 0 Å². The molecule has 0 unspecified atom stereocenters. The zero-order chi connectivity index (χ0) is 87.8. The minimum Gasteiger partial charge on any atom is -0.396 e. The summed E-state index contributed by atoms with van der Waals surface area (Å²) in [5.41, 5.74) is 32.0. The van der Waals surface area contributed by atoms with Crippen molar-refractivity contribution >= 4 is 57.5 Å². The molecule has 3 aliphatic carbocycles. The van der Waals surface area contributed by atoms with E-state index in [1.165, 1.54) is 39.3 Å². The first-order chi connectivity index (χ1) is 58.5. The molecule has 6 aromatic heterocycles. The molecule has 0 atom stereocenters. The predicted octanol–water partition coefficient (Wildman–Crippen LogP) is 14.0. The smallest absolute Gasteiger partial charge is 0.340 e. The fourth-order valence-electron chi connectivity index (χ4n) is 17.6. The van der Waals surface area contributed by atoms with Gasteiger partial charge in [0.25, 0.3) is 16.7 Å². The van der Waals surface area contributed by atoms with E-state index in [1.807, 2.05) is 92.7 Å². The van der Waals surface area contributed by atoms with E-state index in [4.69, 9.17) is 40.4 Å². The third kappa shape index (κ3) is 13.9. The average molecular weight is 1680 g/mol. The van der Waals surface area contributed by atoms with Gasteiger partial charge in [-0.2, -0.15) is 5.26 Å². The molecule has 123 heavy (non-hydrogen) atoms. The number of rotatable bonds is 13. The number of nitriles is 1. The zero-order valence-corrected chi connectivity index (χ0v) is 69.0. The first kappa shape index (κ1) is 82.4. The van der Waals surface area contributed by atoms with Crippen LogP contribution in [0, 0.1) is 50.7 Å². The summed E-state index contributed by atoms with van der Waals surface area (Å²) in [6, 6.07) is 52.1. The van der Waals surface area contributed by atoms with Crippen molar-refractivity contribution in [2.75, 3.05) is 6.61 Å². The fraction of sp³-hybridized carbons (Fsp3) is 0.155. The second-order valence-electron chi connectivity index (χ2n) is 31.9. The van der Waals surface area contributed by atoms with E-state index < -0.39 is 74.3 Å². The molecule has 0 saturated carbocycles. The third-order valence-electron chi connectivity index (χ3n) is 23.5. The topological polar surface area (TPSA) is 344 Å². The highest BCUT2D eigenvalue weighted by molar-refractivity contribution is 6.34. The lowest BCUT2D eigenvalue weighted by molar-refractivity contribution is 0.0780. The number of carbonyl (C=O) groups excluding carboxylic acids is 3. The maximum Gasteiger partial charge on any atom is 0.340 e. The van der Waals surface area contributed by atoms with Crippen molar-refractivity contribution in [2.45, 2.75) is 92.3 Å². The third-order valence-corrected chi connectivity index (χ3v) is 24.1. The van der Waals surface area contributed by atoms with E-state index in [0.29, 0.717) is 114 Å². The number of nitrogens with zero attached hydrogens (tertiary/aromatic N) is 7. The van der Waals surface area contributed by atoms with Crippen LogP contribution in [0.3, 0.4) is 0 Å². The summed E-state index contributed by atoms with van der Waals surface area (Å²) in [6.07, 6.45) is 6.17. The number of aryl methyl sites for hydroxylation is 1. The number of hydrogen-bond acceptors (Lipinski definition) is 13. The van der Waals surface area contributed by atoms with Gasteiger partial charge in [0.15, 0.2) is 0 Å². The monoisotopic (exact) mass is 1680 g/mol. The molecule has 9 aromatic carbocycles. The van der Waals surface area contributed by atoms with Gasteiger partial charge in [0.2, 0.25) is 17.7 Å². The molecule has 18 rings (SSSR count). The molecule has 15 aromatic rings. The highest BCUT2D eigenvalue weighted by Gasteiger charge is 2.36. The van der Waals surface area contributed by atoms with E-state index in [0.717, 1.165) is 114 Å².